The van der Waals surface area contributed by atoms with Gasteiger partial charge in [0, 0.05) is 17.5 Å². The van der Waals surface area contributed by atoms with Gasteiger partial charge in [0.15, 0.2) is 0 Å². The number of nitro groups is 1. The number of esters is 1. The van der Waals surface area contributed by atoms with E-state index in [0.29, 0.717) is 18.4 Å². The number of hydrogen-bond donors (Lipinski definition) is 0. The lowest BCUT2D eigenvalue weighted by atomic mass is 9.59. The molecule has 0 aliphatic heterocycles. The highest BCUT2D eigenvalue weighted by molar-refractivity contribution is 5.78. The van der Waals surface area contributed by atoms with Gasteiger partial charge in [0.05, 0.1) is 17.4 Å². The van der Waals surface area contributed by atoms with Gasteiger partial charge in [-0.2, -0.15) is 0 Å². The average molecular weight is 341 g/mol. The number of carbonyl (C=O) groups excluding carboxylic acids is 1. The SMILES string of the molecule is CCOC(=O)[C@H]1[C@H]2[C@H]3C(C)=C[C@]1(C)[C@@H](c1ccc([N+](=O)[O-])cc1)[C@@]23C. The molecule has 4 aliphatic rings. The summed E-state index contributed by atoms with van der Waals surface area (Å²) in [4.78, 5) is 23.3. The van der Waals surface area contributed by atoms with Crippen molar-refractivity contribution in [2.45, 2.75) is 33.6 Å². The van der Waals surface area contributed by atoms with Gasteiger partial charge in [-0.25, -0.2) is 0 Å². The van der Waals surface area contributed by atoms with Crippen molar-refractivity contribution in [1.29, 1.82) is 0 Å². The minimum Gasteiger partial charge on any atom is -0.466 e. The van der Waals surface area contributed by atoms with Crippen molar-refractivity contribution in [1.82, 2.24) is 0 Å². The van der Waals surface area contributed by atoms with Crippen molar-refractivity contribution >= 4 is 11.7 Å². The Morgan fingerprint density at radius 2 is 1.92 bits per heavy atom. The molecule has 4 bridgehead atoms. The molecule has 6 atom stereocenters. The molecule has 0 radical (unpaired) electrons. The summed E-state index contributed by atoms with van der Waals surface area (Å²) in [5, 5.41) is 11.0. The van der Waals surface area contributed by atoms with Gasteiger partial charge < -0.3 is 4.74 Å². The summed E-state index contributed by atoms with van der Waals surface area (Å²) in [6, 6.07) is 6.87. The van der Waals surface area contributed by atoms with Gasteiger partial charge >= 0.3 is 5.97 Å². The first-order valence-corrected chi connectivity index (χ1v) is 8.87. The standard InChI is InChI=1S/C20H23NO4/c1-5-25-18(22)16-15-14-11(2)10-19(16,3)17(20(14,15)4)12-6-8-13(9-7-12)21(23)24/h6-10,14-17H,5H2,1-4H3/t14-,15-,16-,17-,19+,20-/m1/s1. The zero-order valence-corrected chi connectivity index (χ0v) is 15.0. The van der Waals surface area contributed by atoms with Crippen LogP contribution >= 0.6 is 0 Å². The van der Waals surface area contributed by atoms with Crippen LogP contribution in [0.25, 0.3) is 0 Å². The van der Waals surface area contributed by atoms with Crippen LogP contribution in [-0.4, -0.2) is 17.5 Å². The minimum atomic E-state index is -0.376. The molecule has 0 unspecified atom stereocenters. The number of ether oxygens (including phenoxy) is 1. The van der Waals surface area contributed by atoms with E-state index in [0.717, 1.165) is 5.56 Å². The topological polar surface area (TPSA) is 69.4 Å². The molecule has 132 valence electrons. The molecule has 1 aromatic rings. The van der Waals surface area contributed by atoms with Gasteiger partial charge in [-0.3, -0.25) is 14.9 Å². The van der Waals surface area contributed by atoms with E-state index in [1.54, 1.807) is 12.1 Å². The summed E-state index contributed by atoms with van der Waals surface area (Å²) in [6.07, 6.45) is 2.26. The number of carbonyl (C=O) groups is 1. The van der Waals surface area contributed by atoms with Gasteiger partial charge in [0.25, 0.3) is 5.69 Å². The zero-order chi connectivity index (χ0) is 18.1. The third-order valence-electron chi connectivity index (χ3n) is 6.92. The van der Waals surface area contributed by atoms with Crippen LogP contribution in [0.3, 0.4) is 0 Å². The largest absolute Gasteiger partial charge is 0.466 e. The second-order valence-electron chi connectivity index (χ2n) is 8.14. The van der Waals surface area contributed by atoms with E-state index in [1.165, 1.54) is 5.57 Å². The van der Waals surface area contributed by atoms with Gasteiger partial charge in [0.2, 0.25) is 0 Å². The fraction of sp³-hybridized carbons (Fsp3) is 0.550. The normalized spacial score (nSPS) is 40.4. The van der Waals surface area contributed by atoms with Crippen LogP contribution in [-0.2, 0) is 9.53 Å². The highest BCUT2D eigenvalue weighted by Gasteiger charge is 2.82. The van der Waals surface area contributed by atoms with Crippen LogP contribution in [0.1, 0.15) is 39.2 Å². The van der Waals surface area contributed by atoms with E-state index in [1.807, 2.05) is 19.1 Å². The lowest BCUT2D eigenvalue weighted by Gasteiger charge is -2.44. The van der Waals surface area contributed by atoms with E-state index in [4.69, 9.17) is 4.74 Å². The highest BCUT2D eigenvalue weighted by Crippen LogP contribution is 2.85. The molecule has 25 heavy (non-hydrogen) atoms. The number of rotatable bonds is 4. The molecule has 1 aromatic carbocycles. The number of hydrogen-bond acceptors (Lipinski definition) is 4. The molecule has 0 amide bonds. The lowest BCUT2D eigenvalue weighted by molar-refractivity contribution is -0.384. The number of nitro benzene ring substituents is 1. The Balaban J connectivity index is 1.79. The third-order valence-corrected chi connectivity index (χ3v) is 6.92. The fourth-order valence-corrected chi connectivity index (χ4v) is 6.39. The molecular formula is C20H23NO4. The summed E-state index contributed by atoms with van der Waals surface area (Å²) in [7, 11) is 0. The van der Waals surface area contributed by atoms with Crippen LogP contribution in [0.4, 0.5) is 5.69 Å². The van der Waals surface area contributed by atoms with Crippen molar-refractivity contribution in [2.24, 2.45) is 28.6 Å². The van der Waals surface area contributed by atoms with Gasteiger partial charge in [-0.15, -0.1) is 0 Å². The monoisotopic (exact) mass is 341 g/mol. The summed E-state index contributed by atoms with van der Waals surface area (Å²) in [5.41, 5.74) is 2.28. The molecule has 5 heteroatoms. The Bertz CT molecular complexity index is 798. The molecule has 5 nitrogen and oxygen atoms in total. The smallest absolute Gasteiger partial charge is 0.310 e. The minimum absolute atomic E-state index is 0.0289. The molecular weight excluding hydrogens is 318 g/mol. The first kappa shape index (κ1) is 16.3. The summed E-state index contributed by atoms with van der Waals surface area (Å²) >= 11 is 0. The van der Waals surface area contributed by atoms with Gasteiger partial charge in [-0.1, -0.05) is 37.6 Å². The molecule has 4 aliphatic carbocycles. The van der Waals surface area contributed by atoms with E-state index in [2.05, 4.69) is 26.8 Å². The van der Waals surface area contributed by atoms with Crippen LogP contribution < -0.4 is 0 Å². The summed E-state index contributed by atoms with van der Waals surface area (Å²) < 4.78 is 5.40. The molecule has 2 saturated carbocycles. The van der Waals surface area contributed by atoms with Crippen molar-refractivity contribution < 1.29 is 14.5 Å². The van der Waals surface area contributed by atoms with Crippen LogP contribution in [0.15, 0.2) is 35.9 Å². The van der Waals surface area contributed by atoms with Crippen molar-refractivity contribution in [2.75, 3.05) is 6.61 Å². The molecule has 0 heterocycles. The quantitative estimate of drug-likeness (QED) is 0.358. The highest BCUT2D eigenvalue weighted by atomic mass is 16.6. The Hall–Kier alpha value is -2.17. The Labute approximate surface area is 147 Å². The first-order chi connectivity index (χ1) is 11.8. The Morgan fingerprint density at radius 3 is 2.48 bits per heavy atom. The predicted molar refractivity (Wildman–Crippen MR) is 92.9 cm³/mol. The number of allylic oxidation sites excluding steroid dienone is 2. The zero-order valence-electron chi connectivity index (χ0n) is 15.0. The van der Waals surface area contributed by atoms with Gasteiger partial charge in [-0.05, 0) is 42.6 Å². The van der Waals surface area contributed by atoms with Crippen LogP contribution in [0.2, 0.25) is 0 Å². The molecule has 0 spiro atoms. The lowest BCUT2D eigenvalue weighted by Crippen LogP contribution is -2.41. The van der Waals surface area contributed by atoms with E-state index < -0.39 is 0 Å². The van der Waals surface area contributed by atoms with Crippen molar-refractivity contribution in [3.63, 3.8) is 0 Å². The number of benzene rings is 1. The Morgan fingerprint density at radius 1 is 1.28 bits per heavy atom. The number of non-ortho nitro benzene ring substituents is 1. The summed E-state index contributed by atoms with van der Waals surface area (Å²) in [6.45, 7) is 8.81. The van der Waals surface area contributed by atoms with Crippen molar-refractivity contribution in [3.8, 4) is 0 Å². The average Bonchev–Trinajstić information content (AvgIpc) is 3.09. The maximum atomic E-state index is 12.7. The fourth-order valence-electron chi connectivity index (χ4n) is 6.39. The second kappa shape index (κ2) is 4.93. The van der Waals surface area contributed by atoms with E-state index in [9.17, 15) is 14.9 Å². The molecule has 2 fully saturated rings. The maximum absolute atomic E-state index is 12.7. The molecule has 0 aromatic heterocycles. The van der Waals surface area contributed by atoms with E-state index >= 15 is 0 Å². The van der Waals surface area contributed by atoms with Crippen LogP contribution in [0.5, 0.6) is 0 Å². The first-order valence-electron chi connectivity index (χ1n) is 8.87. The van der Waals surface area contributed by atoms with Crippen LogP contribution in [0, 0.1) is 38.7 Å². The van der Waals surface area contributed by atoms with Gasteiger partial charge in [0.1, 0.15) is 0 Å². The predicted octanol–water partition coefficient (Wildman–Crippen LogP) is 4.09. The Kier molecular flexibility index (Phi) is 3.22. The third kappa shape index (κ3) is 1.87. The molecule has 0 N–H and O–H groups in total. The summed E-state index contributed by atoms with van der Waals surface area (Å²) in [5.74, 6) is 0.655. The number of nitrogens with zero attached hydrogens (tertiary/aromatic N) is 1. The maximum Gasteiger partial charge on any atom is 0.310 e. The van der Waals surface area contributed by atoms with E-state index in [-0.39, 0.29) is 39.2 Å². The molecule has 5 rings (SSSR count). The van der Waals surface area contributed by atoms with Crippen molar-refractivity contribution in [3.05, 3.63) is 51.6 Å². The second-order valence-corrected chi connectivity index (χ2v) is 8.14. The molecule has 0 saturated heterocycles.